The van der Waals surface area contributed by atoms with Gasteiger partial charge in [-0.1, -0.05) is 45.4 Å². The molecular formula is C46H53ClN6O6. The summed E-state index contributed by atoms with van der Waals surface area (Å²) in [4.78, 5) is 57.0. The Labute approximate surface area is 350 Å². The Balaban J connectivity index is 0.789. The molecule has 5 aliphatic rings. The van der Waals surface area contributed by atoms with Crippen LogP contribution < -0.4 is 25.2 Å². The van der Waals surface area contributed by atoms with Crippen LogP contribution in [0.3, 0.4) is 0 Å². The first-order valence-corrected chi connectivity index (χ1v) is 21.3. The van der Waals surface area contributed by atoms with E-state index in [0.717, 1.165) is 63.2 Å². The number of carbonyl (C=O) groups excluding carboxylic acids is 4. The molecule has 0 aromatic heterocycles. The number of hydrogen-bond acceptors (Lipinski definition) is 9. The molecule has 4 aliphatic heterocycles. The molecule has 4 heterocycles. The van der Waals surface area contributed by atoms with Gasteiger partial charge in [0.1, 0.15) is 24.0 Å². The molecule has 4 amide bonds. The highest BCUT2D eigenvalue weighted by molar-refractivity contribution is 6.31. The van der Waals surface area contributed by atoms with E-state index >= 15 is 0 Å². The van der Waals surface area contributed by atoms with Crippen molar-refractivity contribution in [2.45, 2.75) is 97.1 Å². The number of aliphatic hydroxyl groups is 1. The molecule has 3 saturated heterocycles. The topological polar surface area (TPSA) is 155 Å². The van der Waals surface area contributed by atoms with Gasteiger partial charge in [0.2, 0.25) is 11.8 Å². The first kappa shape index (κ1) is 40.7. The zero-order valence-corrected chi connectivity index (χ0v) is 34.9. The molecule has 3 N–H and O–H groups in total. The summed E-state index contributed by atoms with van der Waals surface area (Å²) >= 11 is 6.26. The van der Waals surface area contributed by atoms with E-state index in [4.69, 9.17) is 16.3 Å². The molecule has 12 nitrogen and oxygen atoms in total. The highest BCUT2D eigenvalue weighted by atomic mass is 35.5. The third-order valence-electron chi connectivity index (χ3n) is 13.8. The van der Waals surface area contributed by atoms with E-state index < -0.39 is 18.2 Å². The number of piperidine rings is 3. The Bertz CT molecular complexity index is 2170. The Kier molecular flexibility index (Phi) is 10.9. The number of aliphatic hydroxyl groups excluding tert-OH is 1. The molecule has 0 bridgehead atoms. The molecule has 1 aliphatic carbocycles. The molecule has 0 spiro atoms. The SMILES string of the molecule is CC1(C)[C@H](NC(=O)c2ccc(N3CCC(CC4CCN(c5ccc6c(c5)C(=O)N(C5CCC(=O)NC5=O)C6O)CC4)CC3)cc2)C(C)(C)[C@H]1Oc1ccc(C#N)c(Cl)c1. The predicted molar refractivity (Wildman–Crippen MR) is 224 cm³/mol. The van der Waals surface area contributed by atoms with Gasteiger partial charge < -0.3 is 25.0 Å². The molecule has 2 atom stereocenters. The van der Waals surface area contributed by atoms with Crippen molar-refractivity contribution in [3.63, 3.8) is 0 Å². The van der Waals surface area contributed by atoms with E-state index in [2.05, 4.69) is 66.3 Å². The number of hydrogen-bond donors (Lipinski definition) is 3. The maximum absolute atomic E-state index is 13.5. The summed E-state index contributed by atoms with van der Waals surface area (Å²) in [5, 5.41) is 26.1. The highest BCUT2D eigenvalue weighted by Gasteiger charge is 2.64. The third kappa shape index (κ3) is 7.64. The van der Waals surface area contributed by atoms with Crippen LogP contribution in [0.1, 0.15) is 111 Å². The van der Waals surface area contributed by atoms with Gasteiger partial charge in [0.05, 0.1) is 10.6 Å². The number of anilines is 2. The van der Waals surface area contributed by atoms with Crippen LogP contribution in [0, 0.1) is 34.0 Å². The van der Waals surface area contributed by atoms with Crippen molar-refractivity contribution in [2.24, 2.45) is 22.7 Å². The quantitative estimate of drug-likeness (QED) is 0.203. The molecule has 310 valence electrons. The van der Waals surface area contributed by atoms with Crippen LogP contribution in [-0.4, -0.2) is 78.0 Å². The number of amides is 4. The van der Waals surface area contributed by atoms with Crippen LogP contribution in [0.5, 0.6) is 5.75 Å². The molecular weight excluding hydrogens is 768 g/mol. The monoisotopic (exact) mass is 820 g/mol. The van der Waals surface area contributed by atoms with Crippen LogP contribution in [0.4, 0.5) is 11.4 Å². The maximum atomic E-state index is 13.5. The number of halogens is 1. The average Bonchev–Trinajstić information content (AvgIpc) is 3.47. The number of carbonyl (C=O) groups is 4. The molecule has 3 aromatic carbocycles. The first-order valence-electron chi connectivity index (χ1n) is 20.9. The van der Waals surface area contributed by atoms with Crippen LogP contribution in [0.25, 0.3) is 0 Å². The van der Waals surface area contributed by atoms with Crippen molar-refractivity contribution in [3.8, 4) is 11.8 Å². The minimum absolute atomic E-state index is 0.104. The molecule has 59 heavy (non-hydrogen) atoms. The van der Waals surface area contributed by atoms with Gasteiger partial charge in [-0.3, -0.25) is 29.4 Å². The van der Waals surface area contributed by atoms with Crippen molar-refractivity contribution >= 4 is 46.6 Å². The maximum Gasteiger partial charge on any atom is 0.257 e. The third-order valence-corrected chi connectivity index (χ3v) is 14.1. The zero-order valence-electron chi connectivity index (χ0n) is 34.2. The summed E-state index contributed by atoms with van der Waals surface area (Å²) in [5.41, 5.74) is 3.34. The number of benzene rings is 3. The fourth-order valence-corrected chi connectivity index (χ4v) is 11.0. The van der Waals surface area contributed by atoms with Gasteiger partial charge in [-0.15, -0.1) is 0 Å². The van der Waals surface area contributed by atoms with E-state index in [1.807, 2.05) is 24.3 Å². The minimum Gasteiger partial charge on any atom is -0.489 e. The lowest BCUT2D eigenvalue weighted by molar-refractivity contribution is -0.164. The standard InChI is InChI=1S/C46H53ClN6O6/c1-45(2)43(46(3,4)44(45)59-33-11-7-30(26-48)36(47)25-33)50-39(55)29-5-8-31(9-6-29)51-19-15-27(16-20-51)23-28-17-21-52(22-18-28)32-10-12-34-35(24-32)42(58)53(41(34)57)37-13-14-38(54)49-40(37)56/h5-12,24-25,27-28,37,41,43-44,57H,13-23H2,1-4H3,(H,50,55)(H,49,54,56)/t37?,41?,43-,44-. The van der Waals surface area contributed by atoms with Gasteiger partial charge in [0.15, 0.2) is 6.23 Å². The van der Waals surface area contributed by atoms with E-state index in [1.165, 1.54) is 11.3 Å². The molecule has 13 heteroatoms. The minimum atomic E-state index is -1.21. The van der Waals surface area contributed by atoms with E-state index in [-0.39, 0.29) is 53.5 Å². The predicted octanol–water partition coefficient (Wildman–Crippen LogP) is 6.60. The highest BCUT2D eigenvalue weighted by Crippen LogP contribution is 2.55. The van der Waals surface area contributed by atoms with Gasteiger partial charge in [0.25, 0.3) is 11.8 Å². The fourth-order valence-electron chi connectivity index (χ4n) is 10.8. The Morgan fingerprint density at radius 1 is 0.881 bits per heavy atom. The molecule has 4 fully saturated rings. The summed E-state index contributed by atoms with van der Waals surface area (Å²) in [6, 6.07) is 19.7. The normalized spacial score (nSPS) is 25.5. The largest absolute Gasteiger partial charge is 0.489 e. The molecule has 1 saturated carbocycles. The van der Waals surface area contributed by atoms with Crippen LogP contribution in [0.15, 0.2) is 60.7 Å². The van der Waals surface area contributed by atoms with E-state index in [1.54, 1.807) is 24.3 Å². The van der Waals surface area contributed by atoms with Gasteiger partial charge in [-0.25, -0.2) is 0 Å². The fraction of sp³-hybridized carbons (Fsp3) is 0.500. The Morgan fingerprint density at radius 3 is 2.08 bits per heavy atom. The number of nitrogens with zero attached hydrogens (tertiary/aromatic N) is 4. The van der Waals surface area contributed by atoms with Crippen LogP contribution in [-0.2, 0) is 9.59 Å². The van der Waals surface area contributed by atoms with Gasteiger partial charge in [-0.05, 0) is 98.9 Å². The lowest BCUT2D eigenvalue weighted by Gasteiger charge is -2.63. The van der Waals surface area contributed by atoms with Crippen molar-refractivity contribution in [1.82, 2.24) is 15.5 Å². The Hall–Kier alpha value is -5.12. The summed E-state index contributed by atoms with van der Waals surface area (Å²) in [6.07, 6.45) is 4.57. The zero-order chi connectivity index (χ0) is 41.8. The van der Waals surface area contributed by atoms with Gasteiger partial charge in [0, 0.05) is 83.6 Å². The number of nitriles is 1. The number of fused-ring (bicyclic) bond motifs is 1. The van der Waals surface area contributed by atoms with Crippen molar-refractivity contribution in [2.75, 3.05) is 36.0 Å². The number of nitrogens with one attached hydrogen (secondary N) is 2. The Morgan fingerprint density at radius 2 is 1.49 bits per heavy atom. The lowest BCUT2D eigenvalue weighted by Crippen LogP contribution is -2.74. The van der Waals surface area contributed by atoms with Crippen molar-refractivity contribution in [1.29, 1.82) is 5.26 Å². The first-order chi connectivity index (χ1) is 28.1. The molecule has 2 unspecified atom stereocenters. The van der Waals surface area contributed by atoms with Crippen LogP contribution in [0.2, 0.25) is 5.02 Å². The van der Waals surface area contributed by atoms with Gasteiger partial charge in [-0.2, -0.15) is 5.26 Å². The van der Waals surface area contributed by atoms with Crippen molar-refractivity contribution < 1.29 is 29.0 Å². The molecule has 3 aromatic rings. The smallest absolute Gasteiger partial charge is 0.257 e. The van der Waals surface area contributed by atoms with Crippen LogP contribution >= 0.6 is 11.6 Å². The second-order valence-corrected chi connectivity index (χ2v) is 18.7. The average molecular weight is 821 g/mol. The summed E-state index contributed by atoms with van der Waals surface area (Å²) in [6.45, 7) is 12.2. The summed E-state index contributed by atoms with van der Waals surface area (Å²) in [7, 11) is 0. The molecule has 0 radical (unpaired) electrons. The van der Waals surface area contributed by atoms with Crippen molar-refractivity contribution in [3.05, 3.63) is 87.9 Å². The summed E-state index contributed by atoms with van der Waals surface area (Å²) < 4.78 is 6.39. The van der Waals surface area contributed by atoms with E-state index in [0.29, 0.717) is 44.9 Å². The number of imide groups is 1. The summed E-state index contributed by atoms with van der Waals surface area (Å²) in [5.74, 6) is 0.529. The second-order valence-electron chi connectivity index (χ2n) is 18.3. The van der Waals surface area contributed by atoms with Gasteiger partial charge >= 0.3 is 0 Å². The molecule has 8 rings (SSSR count). The number of rotatable bonds is 9. The second kappa shape index (κ2) is 15.8. The lowest BCUT2D eigenvalue weighted by atomic mass is 9.49. The number of ether oxygens (including phenoxy) is 1. The van der Waals surface area contributed by atoms with E-state index in [9.17, 15) is 29.5 Å².